The molecule has 34 heavy (non-hydrogen) atoms. The Morgan fingerprint density at radius 2 is 1.85 bits per heavy atom. The van der Waals surface area contributed by atoms with Gasteiger partial charge < -0.3 is 15.7 Å². The fourth-order valence-corrected chi connectivity index (χ4v) is 4.06. The summed E-state index contributed by atoms with van der Waals surface area (Å²) in [7, 11) is 1.79. The van der Waals surface area contributed by atoms with Gasteiger partial charge in [0.15, 0.2) is 0 Å². The number of amides is 1. The molecule has 1 atom stereocenters. The van der Waals surface area contributed by atoms with Gasteiger partial charge in [0.2, 0.25) is 0 Å². The molecule has 178 valence electrons. The zero-order valence-electron chi connectivity index (χ0n) is 20.0. The molecular weight excluding hydrogens is 430 g/mol. The van der Waals surface area contributed by atoms with E-state index in [1.807, 2.05) is 18.3 Å². The lowest BCUT2D eigenvalue weighted by atomic mass is 9.76. The van der Waals surface area contributed by atoms with Crippen LogP contribution in [0, 0.1) is 5.92 Å². The van der Waals surface area contributed by atoms with Crippen LogP contribution in [0.5, 0.6) is 0 Å². The molecule has 0 aliphatic heterocycles. The number of carbonyl (C=O) groups excluding carboxylic acids is 1. The molecule has 0 radical (unpaired) electrons. The van der Waals surface area contributed by atoms with Crippen LogP contribution in [0.15, 0.2) is 55.4 Å². The zero-order chi connectivity index (χ0) is 24.5. The second-order valence-corrected chi connectivity index (χ2v) is 9.62. The molecular formula is C25H31N7O2. The molecule has 4 rings (SSSR count). The van der Waals surface area contributed by atoms with E-state index < -0.39 is 11.0 Å². The van der Waals surface area contributed by atoms with Gasteiger partial charge in [-0.25, -0.2) is 9.97 Å². The van der Waals surface area contributed by atoms with Crippen LogP contribution in [0.1, 0.15) is 49.5 Å². The highest BCUT2D eigenvalue weighted by Crippen LogP contribution is 2.50. The summed E-state index contributed by atoms with van der Waals surface area (Å²) in [5.74, 6) is 0.795. The average Bonchev–Trinajstić information content (AvgIpc) is 3.57. The molecule has 0 unspecified atom stereocenters. The fourth-order valence-electron chi connectivity index (χ4n) is 4.06. The Hall–Kier alpha value is -3.59. The second kappa shape index (κ2) is 8.98. The lowest BCUT2D eigenvalue weighted by molar-refractivity contribution is 0.0576. The maximum Gasteiger partial charge on any atom is 0.258 e. The Balaban J connectivity index is 1.51. The molecule has 1 aliphatic carbocycles. The van der Waals surface area contributed by atoms with Crippen LogP contribution >= 0.6 is 0 Å². The zero-order valence-corrected chi connectivity index (χ0v) is 20.0. The van der Waals surface area contributed by atoms with Crippen LogP contribution in [0.3, 0.4) is 0 Å². The van der Waals surface area contributed by atoms with Gasteiger partial charge in [0.1, 0.15) is 11.5 Å². The van der Waals surface area contributed by atoms with E-state index in [2.05, 4.69) is 44.2 Å². The first-order valence-corrected chi connectivity index (χ1v) is 11.3. The predicted molar refractivity (Wildman–Crippen MR) is 130 cm³/mol. The van der Waals surface area contributed by atoms with Gasteiger partial charge in [-0.2, -0.15) is 5.10 Å². The van der Waals surface area contributed by atoms with E-state index in [1.165, 1.54) is 6.20 Å². The van der Waals surface area contributed by atoms with E-state index in [-0.39, 0.29) is 5.91 Å². The summed E-state index contributed by atoms with van der Waals surface area (Å²) in [5, 5.41) is 20.1. The number of aromatic nitrogens is 5. The molecule has 3 aromatic heterocycles. The standard InChI is InChI=1S/C25H31N7O2/c1-16(31-23(33)17-10-30-32(14-17)15-24(2,3)34)25(4,18-6-7-18)19-8-9-20(27-11-19)21-12-29-22(26-5)13-28-21/h8-14,18,34H,1,6-7,15H2,2-5H3,(H,26,29)(H,31,33)/t25-/m1/s1. The Bertz CT molecular complexity index is 1180. The summed E-state index contributed by atoms with van der Waals surface area (Å²) in [6.07, 6.45) is 10.4. The molecule has 1 saturated carbocycles. The smallest absolute Gasteiger partial charge is 0.258 e. The lowest BCUT2D eigenvalue weighted by Gasteiger charge is -2.32. The molecule has 3 heterocycles. The second-order valence-electron chi connectivity index (χ2n) is 9.62. The Labute approximate surface area is 199 Å². The number of hydrogen-bond donors (Lipinski definition) is 3. The van der Waals surface area contributed by atoms with Gasteiger partial charge in [-0.05, 0) is 51.2 Å². The van der Waals surface area contributed by atoms with E-state index in [0.717, 1.165) is 24.1 Å². The summed E-state index contributed by atoms with van der Waals surface area (Å²) in [5.41, 5.74) is 2.07. The number of carbonyl (C=O) groups is 1. The molecule has 0 spiro atoms. The number of hydrogen-bond acceptors (Lipinski definition) is 7. The average molecular weight is 462 g/mol. The molecule has 3 aromatic rings. The number of rotatable bonds is 9. The minimum Gasteiger partial charge on any atom is -0.389 e. The van der Waals surface area contributed by atoms with E-state index in [1.54, 1.807) is 44.2 Å². The number of allylic oxidation sites excluding steroid dienone is 1. The molecule has 0 saturated heterocycles. The van der Waals surface area contributed by atoms with Gasteiger partial charge in [0.05, 0.1) is 42.0 Å². The van der Waals surface area contributed by atoms with Crippen molar-refractivity contribution in [1.82, 2.24) is 30.0 Å². The van der Waals surface area contributed by atoms with Gasteiger partial charge >= 0.3 is 0 Å². The molecule has 0 aromatic carbocycles. The third-order valence-corrected chi connectivity index (χ3v) is 6.26. The van der Waals surface area contributed by atoms with Crippen LogP contribution in [-0.2, 0) is 12.0 Å². The van der Waals surface area contributed by atoms with Gasteiger partial charge in [-0.1, -0.05) is 12.6 Å². The Morgan fingerprint density at radius 1 is 1.12 bits per heavy atom. The molecule has 9 nitrogen and oxygen atoms in total. The first-order chi connectivity index (χ1) is 16.1. The normalized spacial score (nSPS) is 15.4. The van der Waals surface area contributed by atoms with Gasteiger partial charge in [-0.3, -0.25) is 14.5 Å². The highest BCUT2D eigenvalue weighted by Gasteiger charge is 2.45. The number of nitrogens with one attached hydrogen (secondary N) is 2. The summed E-state index contributed by atoms with van der Waals surface area (Å²) in [6, 6.07) is 3.95. The van der Waals surface area contributed by atoms with Gasteiger partial charge in [0.25, 0.3) is 5.91 Å². The molecule has 1 aliphatic rings. The van der Waals surface area contributed by atoms with E-state index in [9.17, 15) is 9.90 Å². The molecule has 9 heteroatoms. The van der Waals surface area contributed by atoms with E-state index >= 15 is 0 Å². The van der Waals surface area contributed by atoms with Crippen LogP contribution in [0.25, 0.3) is 11.4 Å². The van der Waals surface area contributed by atoms with Crippen molar-refractivity contribution >= 4 is 11.7 Å². The first-order valence-electron chi connectivity index (χ1n) is 11.3. The third kappa shape index (κ3) is 4.99. The fraction of sp³-hybridized carbons (Fsp3) is 0.400. The Kier molecular flexibility index (Phi) is 6.22. The van der Waals surface area contributed by atoms with Crippen molar-refractivity contribution in [3.63, 3.8) is 0 Å². The molecule has 1 fully saturated rings. The number of nitrogens with zero attached hydrogens (tertiary/aromatic N) is 5. The van der Waals surface area contributed by atoms with Gasteiger partial charge in [0, 0.05) is 30.6 Å². The van der Waals surface area contributed by atoms with Crippen molar-refractivity contribution in [3.8, 4) is 11.4 Å². The molecule has 3 N–H and O–H groups in total. The number of pyridine rings is 1. The predicted octanol–water partition coefficient (Wildman–Crippen LogP) is 3.16. The van der Waals surface area contributed by atoms with Crippen LogP contribution in [0.2, 0.25) is 0 Å². The van der Waals surface area contributed by atoms with Crippen molar-refractivity contribution in [2.75, 3.05) is 12.4 Å². The van der Waals surface area contributed by atoms with Crippen LogP contribution in [-0.4, -0.2) is 48.4 Å². The van der Waals surface area contributed by atoms with Crippen LogP contribution in [0.4, 0.5) is 5.82 Å². The Morgan fingerprint density at radius 3 is 2.41 bits per heavy atom. The monoisotopic (exact) mass is 461 g/mol. The van der Waals surface area contributed by atoms with Crippen molar-refractivity contribution < 1.29 is 9.90 Å². The quantitative estimate of drug-likeness (QED) is 0.448. The third-order valence-electron chi connectivity index (χ3n) is 6.26. The van der Waals surface area contributed by atoms with E-state index in [4.69, 9.17) is 0 Å². The number of anilines is 1. The minimum atomic E-state index is -0.923. The van der Waals surface area contributed by atoms with Crippen LogP contribution < -0.4 is 10.6 Å². The first kappa shape index (κ1) is 23.6. The highest BCUT2D eigenvalue weighted by atomic mass is 16.3. The lowest BCUT2D eigenvalue weighted by Crippen LogP contribution is -2.37. The molecule has 1 amide bonds. The maximum absolute atomic E-state index is 12.9. The van der Waals surface area contributed by atoms with Crippen molar-refractivity contribution in [2.24, 2.45) is 5.92 Å². The largest absolute Gasteiger partial charge is 0.389 e. The molecule has 0 bridgehead atoms. The number of aliphatic hydroxyl groups is 1. The van der Waals surface area contributed by atoms with Crippen molar-refractivity contribution in [3.05, 3.63) is 66.5 Å². The summed E-state index contributed by atoms with van der Waals surface area (Å²) < 4.78 is 1.56. The van der Waals surface area contributed by atoms with Crippen molar-refractivity contribution in [2.45, 2.75) is 51.2 Å². The van der Waals surface area contributed by atoms with Crippen molar-refractivity contribution in [1.29, 1.82) is 0 Å². The summed E-state index contributed by atoms with van der Waals surface area (Å²) in [4.78, 5) is 26.3. The van der Waals surface area contributed by atoms with Gasteiger partial charge in [-0.15, -0.1) is 0 Å². The summed E-state index contributed by atoms with van der Waals surface area (Å²) in [6.45, 7) is 10.0. The maximum atomic E-state index is 12.9. The minimum absolute atomic E-state index is 0.275. The topological polar surface area (TPSA) is 118 Å². The highest BCUT2D eigenvalue weighted by molar-refractivity contribution is 5.95. The summed E-state index contributed by atoms with van der Waals surface area (Å²) >= 11 is 0. The SMILES string of the molecule is C=C(NC(=O)c1cnn(CC(C)(C)O)c1)[C@@](C)(c1ccc(-c2cnc(NC)cn2)nc1)C1CC1. The van der Waals surface area contributed by atoms with E-state index in [0.29, 0.717) is 35.2 Å².